The topological polar surface area (TPSA) is 61.4 Å². The number of hydrogen-bond acceptors (Lipinski definition) is 4. The van der Waals surface area contributed by atoms with Crippen molar-refractivity contribution < 1.29 is 9.59 Å². The lowest BCUT2D eigenvalue weighted by molar-refractivity contribution is -0.121. The molecule has 0 spiro atoms. The Morgan fingerprint density at radius 2 is 1.96 bits per heavy atom. The van der Waals surface area contributed by atoms with Gasteiger partial charge in [0.15, 0.2) is 0 Å². The molecule has 2 rings (SSSR count). The molecule has 0 saturated carbocycles. The van der Waals surface area contributed by atoms with Gasteiger partial charge in [-0.05, 0) is 49.5 Å². The third-order valence-corrected chi connectivity index (χ3v) is 5.08. The fourth-order valence-electron chi connectivity index (χ4n) is 2.32. The SMILES string of the molecule is CC(c1ccc(Cl)cc1)N(C)CC(=O)NC(=O)NCCc1cccs1. The summed E-state index contributed by atoms with van der Waals surface area (Å²) in [4.78, 5) is 26.9. The first-order valence-corrected chi connectivity index (χ1v) is 9.27. The summed E-state index contributed by atoms with van der Waals surface area (Å²) in [6.07, 6.45) is 0.757. The summed E-state index contributed by atoms with van der Waals surface area (Å²) in [7, 11) is 1.84. The van der Waals surface area contributed by atoms with E-state index in [-0.39, 0.29) is 18.5 Å². The number of rotatable bonds is 7. The van der Waals surface area contributed by atoms with Crippen molar-refractivity contribution in [3.05, 3.63) is 57.2 Å². The standard InChI is InChI=1S/C18H22ClN3O2S/c1-13(14-5-7-15(19)8-6-14)22(2)12-17(23)21-18(24)20-10-9-16-4-3-11-25-16/h3-8,11,13H,9-10,12H2,1-2H3,(H2,20,21,23,24). The molecule has 0 fully saturated rings. The number of amides is 3. The second-order valence-electron chi connectivity index (χ2n) is 5.78. The maximum atomic E-state index is 12.0. The number of carbonyl (C=O) groups excluding carboxylic acids is 2. The highest BCUT2D eigenvalue weighted by atomic mass is 35.5. The highest BCUT2D eigenvalue weighted by Gasteiger charge is 2.16. The number of carbonyl (C=O) groups is 2. The Morgan fingerprint density at radius 1 is 1.24 bits per heavy atom. The molecular formula is C18H22ClN3O2S. The number of benzene rings is 1. The van der Waals surface area contributed by atoms with Gasteiger partial charge in [-0.2, -0.15) is 0 Å². The number of halogens is 1. The molecule has 25 heavy (non-hydrogen) atoms. The summed E-state index contributed by atoms with van der Waals surface area (Å²) < 4.78 is 0. The zero-order valence-electron chi connectivity index (χ0n) is 14.3. The average molecular weight is 380 g/mol. The molecule has 1 atom stereocenters. The van der Waals surface area contributed by atoms with Gasteiger partial charge in [0.1, 0.15) is 0 Å². The van der Waals surface area contributed by atoms with Crippen molar-refractivity contribution in [3.8, 4) is 0 Å². The third-order valence-electron chi connectivity index (χ3n) is 3.90. The minimum absolute atomic E-state index is 0.0323. The van der Waals surface area contributed by atoms with Crippen LogP contribution in [0.15, 0.2) is 41.8 Å². The number of nitrogens with zero attached hydrogens (tertiary/aromatic N) is 1. The van der Waals surface area contributed by atoms with E-state index in [0.717, 1.165) is 12.0 Å². The molecule has 2 aromatic rings. The molecule has 0 radical (unpaired) electrons. The molecule has 3 amide bonds. The van der Waals surface area contributed by atoms with E-state index < -0.39 is 6.03 Å². The van der Waals surface area contributed by atoms with Crippen LogP contribution in [-0.2, 0) is 11.2 Å². The fourth-order valence-corrected chi connectivity index (χ4v) is 3.16. The van der Waals surface area contributed by atoms with Crippen LogP contribution in [0, 0.1) is 0 Å². The smallest absolute Gasteiger partial charge is 0.321 e. The predicted molar refractivity (Wildman–Crippen MR) is 102 cm³/mol. The van der Waals surface area contributed by atoms with Crippen LogP contribution in [0.25, 0.3) is 0 Å². The molecule has 7 heteroatoms. The zero-order valence-corrected chi connectivity index (χ0v) is 15.9. The summed E-state index contributed by atoms with van der Waals surface area (Å²) >= 11 is 7.54. The highest BCUT2D eigenvalue weighted by molar-refractivity contribution is 7.09. The molecule has 0 aliphatic carbocycles. The summed E-state index contributed by atoms with van der Waals surface area (Å²) in [5.41, 5.74) is 1.06. The normalized spacial score (nSPS) is 12.0. The van der Waals surface area contributed by atoms with Crippen molar-refractivity contribution in [1.82, 2.24) is 15.5 Å². The monoisotopic (exact) mass is 379 g/mol. The van der Waals surface area contributed by atoms with Crippen LogP contribution in [0.5, 0.6) is 0 Å². The Labute approximate surface area is 157 Å². The van der Waals surface area contributed by atoms with Crippen LogP contribution in [0.2, 0.25) is 5.02 Å². The van der Waals surface area contributed by atoms with Crippen molar-refractivity contribution in [1.29, 1.82) is 0 Å². The van der Waals surface area contributed by atoms with Crippen molar-refractivity contribution in [2.75, 3.05) is 20.1 Å². The first kappa shape index (κ1) is 19.4. The van der Waals surface area contributed by atoms with Gasteiger partial charge < -0.3 is 5.32 Å². The molecule has 0 bridgehead atoms. The number of imide groups is 1. The van der Waals surface area contributed by atoms with Crippen LogP contribution in [0.3, 0.4) is 0 Å². The second kappa shape index (κ2) is 9.56. The van der Waals surface area contributed by atoms with E-state index in [1.54, 1.807) is 11.3 Å². The Kier molecular flexibility index (Phi) is 7.43. The quantitative estimate of drug-likeness (QED) is 0.774. The van der Waals surface area contributed by atoms with E-state index in [4.69, 9.17) is 11.6 Å². The van der Waals surface area contributed by atoms with Gasteiger partial charge in [0.25, 0.3) is 0 Å². The summed E-state index contributed by atoms with van der Waals surface area (Å²) in [5.74, 6) is -0.336. The van der Waals surface area contributed by atoms with Gasteiger partial charge in [-0.15, -0.1) is 11.3 Å². The lowest BCUT2D eigenvalue weighted by atomic mass is 10.1. The molecule has 5 nitrogen and oxygen atoms in total. The molecule has 1 aromatic carbocycles. The van der Waals surface area contributed by atoms with Gasteiger partial charge in [-0.25, -0.2) is 4.79 Å². The highest BCUT2D eigenvalue weighted by Crippen LogP contribution is 2.20. The van der Waals surface area contributed by atoms with Gasteiger partial charge in [-0.3, -0.25) is 15.0 Å². The lowest BCUT2D eigenvalue weighted by Crippen LogP contribution is -2.44. The number of urea groups is 1. The Morgan fingerprint density at radius 3 is 2.60 bits per heavy atom. The molecule has 1 heterocycles. The zero-order chi connectivity index (χ0) is 18.2. The van der Waals surface area contributed by atoms with E-state index in [0.29, 0.717) is 11.6 Å². The Balaban J connectivity index is 1.72. The van der Waals surface area contributed by atoms with Crippen LogP contribution in [-0.4, -0.2) is 37.0 Å². The van der Waals surface area contributed by atoms with E-state index >= 15 is 0 Å². The molecule has 0 aliphatic rings. The molecular weight excluding hydrogens is 358 g/mol. The van der Waals surface area contributed by atoms with Gasteiger partial charge in [0.05, 0.1) is 6.54 Å². The molecule has 0 aliphatic heterocycles. The molecule has 1 aromatic heterocycles. The van der Waals surface area contributed by atoms with Crippen LogP contribution in [0.1, 0.15) is 23.4 Å². The van der Waals surface area contributed by atoms with E-state index in [2.05, 4.69) is 10.6 Å². The van der Waals surface area contributed by atoms with Gasteiger partial charge in [0, 0.05) is 22.5 Å². The minimum Gasteiger partial charge on any atom is -0.337 e. The van der Waals surface area contributed by atoms with Crippen LogP contribution >= 0.6 is 22.9 Å². The Bertz CT molecular complexity index is 689. The van der Waals surface area contributed by atoms with Crippen LogP contribution in [0.4, 0.5) is 4.79 Å². The van der Waals surface area contributed by atoms with E-state index in [9.17, 15) is 9.59 Å². The minimum atomic E-state index is -0.464. The maximum absolute atomic E-state index is 12.0. The molecule has 134 valence electrons. The largest absolute Gasteiger partial charge is 0.337 e. The molecule has 2 N–H and O–H groups in total. The number of hydrogen-bond donors (Lipinski definition) is 2. The van der Waals surface area contributed by atoms with Gasteiger partial charge in [0.2, 0.25) is 5.91 Å². The van der Waals surface area contributed by atoms with Crippen molar-refractivity contribution in [2.24, 2.45) is 0 Å². The Hall–Kier alpha value is -1.89. The number of nitrogens with one attached hydrogen (secondary N) is 2. The summed E-state index contributed by atoms with van der Waals surface area (Å²) in [5, 5.41) is 7.73. The number of likely N-dealkylation sites (N-methyl/N-ethyl adjacent to an activating group) is 1. The number of thiophene rings is 1. The predicted octanol–water partition coefficient (Wildman–Crippen LogP) is 3.46. The molecule has 0 saturated heterocycles. The summed E-state index contributed by atoms with van der Waals surface area (Å²) in [6, 6.07) is 11.1. The van der Waals surface area contributed by atoms with Gasteiger partial charge in [-0.1, -0.05) is 29.8 Å². The second-order valence-corrected chi connectivity index (χ2v) is 7.24. The average Bonchev–Trinajstić information content (AvgIpc) is 3.08. The molecule has 1 unspecified atom stereocenters. The first-order chi connectivity index (χ1) is 12.0. The van der Waals surface area contributed by atoms with Crippen molar-refractivity contribution in [2.45, 2.75) is 19.4 Å². The third kappa shape index (κ3) is 6.49. The van der Waals surface area contributed by atoms with Crippen molar-refractivity contribution in [3.63, 3.8) is 0 Å². The van der Waals surface area contributed by atoms with E-state index in [1.807, 2.05) is 60.6 Å². The fraction of sp³-hybridized carbons (Fsp3) is 0.333. The summed E-state index contributed by atoms with van der Waals surface area (Å²) in [6.45, 7) is 2.62. The van der Waals surface area contributed by atoms with E-state index in [1.165, 1.54) is 4.88 Å². The van der Waals surface area contributed by atoms with Gasteiger partial charge >= 0.3 is 6.03 Å². The maximum Gasteiger partial charge on any atom is 0.321 e. The van der Waals surface area contributed by atoms with Crippen molar-refractivity contribution >= 4 is 34.9 Å². The lowest BCUT2D eigenvalue weighted by Gasteiger charge is -2.24. The van der Waals surface area contributed by atoms with Crippen LogP contribution < -0.4 is 10.6 Å². The first-order valence-electron chi connectivity index (χ1n) is 8.01.